The predicted octanol–water partition coefficient (Wildman–Crippen LogP) is 1.39. The number of carbonyl (C=O) groups excluding carboxylic acids is 1. The van der Waals surface area contributed by atoms with E-state index in [9.17, 15) is 14.7 Å². The number of amides is 2. The number of carboxylic acid groups (broad SMARTS) is 1. The number of urea groups is 1. The van der Waals surface area contributed by atoms with Crippen molar-refractivity contribution in [2.24, 2.45) is 0 Å². The number of hydrogen-bond donors (Lipinski definition) is 2. The first kappa shape index (κ1) is 13.1. The first-order valence-electron chi connectivity index (χ1n) is 6.08. The van der Waals surface area contributed by atoms with Crippen molar-refractivity contribution in [1.29, 1.82) is 0 Å². The quantitative estimate of drug-likeness (QED) is 0.807. The van der Waals surface area contributed by atoms with Gasteiger partial charge in [0.1, 0.15) is 6.04 Å². The van der Waals surface area contributed by atoms with Gasteiger partial charge in [-0.3, -0.25) is 0 Å². The minimum absolute atomic E-state index is 0.316. The molecule has 2 rings (SSSR count). The Morgan fingerprint density at radius 2 is 2.11 bits per heavy atom. The monoisotopic (exact) mass is 260 g/mol. The van der Waals surface area contributed by atoms with E-state index in [0.717, 1.165) is 11.1 Å². The van der Waals surface area contributed by atoms with Crippen molar-refractivity contribution >= 4 is 12.0 Å². The van der Waals surface area contributed by atoms with Crippen molar-refractivity contribution in [1.82, 2.24) is 10.2 Å². The van der Waals surface area contributed by atoms with Crippen LogP contribution in [0.5, 0.6) is 0 Å². The molecule has 0 aromatic heterocycles. The van der Waals surface area contributed by atoms with Gasteiger partial charge in [-0.05, 0) is 11.1 Å². The Balaban J connectivity index is 2.23. The maximum absolute atomic E-state index is 12.0. The minimum atomic E-state index is -0.983. The van der Waals surface area contributed by atoms with Gasteiger partial charge in [-0.25, -0.2) is 9.59 Å². The fraction of sp³-hybridized carbons (Fsp3) is 0.286. The summed E-state index contributed by atoms with van der Waals surface area (Å²) in [4.78, 5) is 24.7. The zero-order valence-electron chi connectivity index (χ0n) is 10.5. The maximum atomic E-state index is 12.0. The number of fused-ring (bicyclic) bond motifs is 1. The molecule has 2 N–H and O–H groups in total. The number of rotatable bonds is 3. The molecule has 1 aromatic carbocycles. The molecule has 0 aliphatic carbocycles. The number of benzene rings is 1. The Hall–Kier alpha value is -2.30. The van der Waals surface area contributed by atoms with Crippen molar-refractivity contribution < 1.29 is 14.7 Å². The molecule has 0 radical (unpaired) electrons. The number of carboxylic acids is 1. The van der Waals surface area contributed by atoms with Crippen molar-refractivity contribution in [2.45, 2.75) is 19.0 Å². The molecule has 5 nitrogen and oxygen atoms in total. The van der Waals surface area contributed by atoms with Gasteiger partial charge in [0.15, 0.2) is 0 Å². The molecule has 2 amide bonds. The molecule has 1 aliphatic heterocycles. The lowest BCUT2D eigenvalue weighted by atomic mass is 9.94. The van der Waals surface area contributed by atoms with E-state index in [1.165, 1.54) is 4.90 Å². The summed E-state index contributed by atoms with van der Waals surface area (Å²) in [5, 5.41) is 11.9. The Labute approximate surface area is 111 Å². The molecule has 100 valence electrons. The van der Waals surface area contributed by atoms with Gasteiger partial charge in [-0.2, -0.15) is 0 Å². The predicted molar refractivity (Wildman–Crippen MR) is 70.7 cm³/mol. The van der Waals surface area contributed by atoms with Gasteiger partial charge in [0.25, 0.3) is 0 Å². The topological polar surface area (TPSA) is 69.6 Å². The Morgan fingerprint density at radius 3 is 2.74 bits per heavy atom. The molecule has 0 spiro atoms. The standard InChI is InChI=1S/C14H16N2O3/c1-2-7-15-14(19)16-9-11-6-4-3-5-10(11)8-12(16)13(17)18/h2-6,12H,1,7-9H2,(H,15,19)(H,17,18). The van der Waals surface area contributed by atoms with Crippen LogP contribution in [0.1, 0.15) is 11.1 Å². The van der Waals surface area contributed by atoms with Gasteiger partial charge in [0, 0.05) is 19.5 Å². The Bertz CT molecular complexity index is 513. The van der Waals surface area contributed by atoms with Crippen LogP contribution in [-0.2, 0) is 17.8 Å². The van der Waals surface area contributed by atoms with E-state index in [1.807, 2.05) is 24.3 Å². The van der Waals surface area contributed by atoms with E-state index < -0.39 is 12.0 Å². The second-order valence-corrected chi connectivity index (χ2v) is 4.43. The highest BCUT2D eigenvalue weighted by Crippen LogP contribution is 2.23. The molecule has 19 heavy (non-hydrogen) atoms. The summed E-state index contributed by atoms with van der Waals surface area (Å²) >= 11 is 0. The van der Waals surface area contributed by atoms with Crippen molar-refractivity contribution in [3.8, 4) is 0 Å². The largest absolute Gasteiger partial charge is 0.480 e. The van der Waals surface area contributed by atoms with Crippen LogP contribution in [0.25, 0.3) is 0 Å². The van der Waals surface area contributed by atoms with E-state index >= 15 is 0 Å². The average molecular weight is 260 g/mol. The summed E-state index contributed by atoms with van der Waals surface area (Å²) in [6, 6.07) is 6.40. The first-order chi connectivity index (χ1) is 9.13. The van der Waals surface area contributed by atoms with E-state index in [0.29, 0.717) is 19.5 Å². The van der Waals surface area contributed by atoms with E-state index in [4.69, 9.17) is 0 Å². The molecular weight excluding hydrogens is 244 g/mol. The van der Waals surface area contributed by atoms with E-state index in [1.54, 1.807) is 6.08 Å². The van der Waals surface area contributed by atoms with Crippen molar-refractivity contribution in [3.63, 3.8) is 0 Å². The molecule has 0 saturated heterocycles. The van der Waals surface area contributed by atoms with Crippen LogP contribution in [0.4, 0.5) is 4.79 Å². The third kappa shape index (κ3) is 2.76. The van der Waals surface area contributed by atoms with Crippen LogP contribution < -0.4 is 5.32 Å². The smallest absolute Gasteiger partial charge is 0.326 e. The van der Waals surface area contributed by atoms with Crippen molar-refractivity contribution in [2.75, 3.05) is 6.54 Å². The molecule has 0 saturated carbocycles. The Kier molecular flexibility index (Phi) is 3.85. The molecule has 0 bridgehead atoms. The molecule has 1 aliphatic rings. The van der Waals surface area contributed by atoms with Gasteiger partial charge < -0.3 is 15.3 Å². The number of hydrogen-bond acceptors (Lipinski definition) is 2. The summed E-state index contributed by atoms with van der Waals surface area (Å²) in [7, 11) is 0. The second-order valence-electron chi connectivity index (χ2n) is 4.43. The summed E-state index contributed by atoms with van der Waals surface area (Å²) in [6.07, 6.45) is 1.90. The molecule has 0 fully saturated rings. The van der Waals surface area contributed by atoms with Gasteiger partial charge in [-0.15, -0.1) is 6.58 Å². The highest BCUT2D eigenvalue weighted by atomic mass is 16.4. The van der Waals surface area contributed by atoms with E-state index in [2.05, 4.69) is 11.9 Å². The first-order valence-corrected chi connectivity index (χ1v) is 6.08. The zero-order valence-corrected chi connectivity index (χ0v) is 10.5. The maximum Gasteiger partial charge on any atom is 0.326 e. The third-order valence-electron chi connectivity index (χ3n) is 3.19. The molecule has 5 heteroatoms. The second kappa shape index (κ2) is 5.56. The van der Waals surface area contributed by atoms with Crippen LogP contribution in [0, 0.1) is 0 Å². The summed E-state index contributed by atoms with van der Waals surface area (Å²) in [5.41, 5.74) is 1.98. The van der Waals surface area contributed by atoms with Crippen LogP contribution in [-0.4, -0.2) is 34.6 Å². The number of aliphatic carboxylic acids is 1. The highest BCUT2D eigenvalue weighted by Gasteiger charge is 2.34. The van der Waals surface area contributed by atoms with Gasteiger partial charge in [0.05, 0.1) is 0 Å². The van der Waals surface area contributed by atoms with E-state index in [-0.39, 0.29) is 6.03 Å². The van der Waals surface area contributed by atoms with Crippen LogP contribution in [0.2, 0.25) is 0 Å². The lowest BCUT2D eigenvalue weighted by Crippen LogP contribution is -2.52. The average Bonchev–Trinajstić information content (AvgIpc) is 2.43. The minimum Gasteiger partial charge on any atom is -0.480 e. The van der Waals surface area contributed by atoms with Crippen molar-refractivity contribution in [3.05, 3.63) is 48.0 Å². The lowest BCUT2D eigenvalue weighted by Gasteiger charge is -2.34. The molecule has 1 unspecified atom stereocenters. The number of nitrogens with zero attached hydrogens (tertiary/aromatic N) is 1. The van der Waals surface area contributed by atoms with Gasteiger partial charge in [0.2, 0.25) is 0 Å². The molecular formula is C14H16N2O3. The van der Waals surface area contributed by atoms with Crippen LogP contribution >= 0.6 is 0 Å². The molecule has 1 aromatic rings. The molecule has 1 atom stereocenters. The lowest BCUT2D eigenvalue weighted by molar-refractivity contribution is -0.142. The van der Waals surface area contributed by atoms with Gasteiger partial charge in [-0.1, -0.05) is 30.3 Å². The Morgan fingerprint density at radius 1 is 1.42 bits per heavy atom. The fourth-order valence-electron chi connectivity index (χ4n) is 2.22. The highest BCUT2D eigenvalue weighted by molar-refractivity contribution is 5.83. The normalized spacial score (nSPS) is 17.5. The summed E-state index contributed by atoms with van der Waals surface area (Å²) in [6.45, 7) is 4.16. The van der Waals surface area contributed by atoms with Crippen LogP contribution in [0.15, 0.2) is 36.9 Å². The number of carbonyl (C=O) groups is 2. The summed E-state index contributed by atoms with van der Waals surface area (Å²) < 4.78 is 0. The van der Waals surface area contributed by atoms with Gasteiger partial charge >= 0.3 is 12.0 Å². The summed E-state index contributed by atoms with van der Waals surface area (Å²) in [5.74, 6) is -0.983. The SMILES string of the molecule is C=CCNC(=O)N1Cc2ccccc2CC1C(=O)O. The fourth-order valence-corrected chi connectivity index (χ4v) is 2.22. The number of nitrogens with one attached hydrogen (secondary N) is 1. The zero-order chi connectivity index (χ0) is 13.8. The molecule has 1 heterocycles. The van der Waals surface area contributed by atoms with Crippen LogP contribution in [0.3, 0.4) is 0 Å². The third-order valence-corrected chi connectivity index (χ3v) is 3.19.